The molecule has 1 aromatic rings. The van der Waals surface area contributed by atoms with Gasteiger partial charge in [-0.2, -0.15) is 0 Å². The van der Waals surface area contributed by atoms with E-state index < -0.39 is 0 Å². The summed E-state index contributed by atoms with van der Waals surface area (Å²) in [6, 6.07) is 7.31. The highest BCUT2D eigenvalue weighted by Gasteiger charge is 2.24. The molecule has 1 aromatic carbocycles. The average Bonchev–Trinajstić information content (AvgIpc) is 2.36. The summed E-state index contributed by atoms with van der Waals surface area (Å²) >= 11 is 0. The molecule has 1 aliphatic rings. The minimum Gasteiger partial charge on any atom is -0.382 e. The summed E-state index contributed by atoms with van der Waals surface area (Å²) in [6.07, 6.45) is 5.12. The van der Waals surface area contributed by atoms with E-state index in [4.69, 9.17) is 0 Å². The van der Waals surface area contributed by atoms with E-state index in [1.807, 2.05) is 0 Å². The smallest absolute Gasteiger partial charge is 0.0404 e. The minimum absolute atomic E-state index is 0.669. The van der Waals surface area contributed by atoms with Crippen LogP contribution in [0.25, 0.3) is 0 Å². The van der Waals surface area contributed by atoms with E-state index >= 15 is 0 Å². The molecule has 1 aliphatic carbocycles. The maximum Gasteiger partial charge on any atom is 0.0404 e. The standard InChI is InChI=1S/C17H27N/c1-5-15-8-6-7-13(3)17(15)18-16-10-9-12(2)14(4)11-16/h6-8,12,14,16,18H,5,9-11H2,1-4H3. The Morgan fingerprint density at radius 1 is 1.17 bits per heavy atom. The predicted octanol–water partition coefficient (Wildman–Crippen LogP) is 4.79. The van der Waals surface area contributed by atoms with Gasteiger partial charge in [0, 0.05) is 11.7 Å². The molecule has 1 fully saturated rings. The molecule has 3 atom stereocenters. The summed E-state index contributed by atoms with van der Waals surface area (Å²) in [7, 11) is 0. The van der Waals surface area contributed by atoms with Crippen LogP contribution in [-0.4, -0.2) is 6.04 Å². The van der Waals surface area contributed by atoms with Gasteiger partial charge in [0.2, 0.25) is 0 Å². The van der Waals surface area contributed by atoms with Crippen molar-refractivity contribution in [3.8, 4) is 0 Å². The lowest BCUT2D eigenvalue weighted by atomic mass is 9.79. The fourth-order valence-electron chi connectivity index (χ4n) is 3.11. The number of nitrogens with one attached hydrogen (secondary N) is 1. The van der Waals surface area contributed by atoms with E-state index in [0.717, 1.165) is 18.3 Å². The summed E-state index contributed by atoms with van der Waals surface area (Å²) in [5, 5.41) is 3.82. The molecule has 1 N–H and O–H groups in total. The van der Waals surface area contributed by atoms with Gasteiger partial charge in [-0.25, -0.2) is 0 Å². The van der Waals surface area contributed by atoms with Crippen LogP contribution in [0.3, 0.4) is 0 Å². The number of aryl methyl sites for hydroxylation is 2. The van der Waals surface area contributed by atoms with Crippen molar-refractivity contribution in [3.05, 3.63) is 29.3 Å². The average molecular weight is 245 g/mol. The van der Waals surface area contributed by atoms with Gasteiger partial charge in [0.15, 0.2) is 0 Å². The Balaban J connectivity index is 2.10. The summed E-state index contributed by atoms with van der Waals surface area (Å²) in [5.74, 6) is 1.75. The van der Waals surface area contributed by atoms with Gasteiger partial charge in [0.1, 0.15) is 0 Å². The molecule has 1 heteroatoms. The van der Waals surface area contributed by atoms with E-state index in [-0.39, 0.29) is 0 Å². The molecule has 3 unspecified atom stereocenters. The Morgan fingerprint density at radius 3 is 2.61 bits per heavy atom. The van der Waals surface area contributed by atoms with Crippen LogP contribution in [0.1, 0.15) is 51.2 Å². The van der Waals surface area contributed by atoms with Crippen molar-refractivity contribution < 1.29 is 0 Å². The molecule has 0 saturated heterocycles. The third kappa shape index (κ3) is 2.88. The molecule has 1 nitrogen and oxygen atoms in total. The van der Waals surface area contributed by atoms with Gasteiger partial charge in [-0.3, -0.25) is 0 Å². The molecule has 0 aromatic heterocycles. The largest absolute Gasteiger partial charge is 0.382 e. The number of anilines is 1. The van der Waals surface area contributed by atoms with Gasteiger partial charge in [0.25, 0.3) is 0 Å². The van der Waals surface area contributed by atoms with Crippen LogP contribution >= 0.6 is 0 Å². The lowest BCUT2D eigenvalue weighted by molar-refractivity contribution is 0.261. The predicted molar refractivity (Wildman–Crippen MR) is 80.1 cm³/mol. The molecular formula is C17H27N. The second-order valence-corrected chi connectivity index (χ2v) is 6.07. The van der Waals surface area contributed by atoms with Crippen molar-refractivity contribution in [2.24, 2.45) is 11.8 Å². The van der Waals surface area contributed by atoms with E-state index in [1.54, 1.807) is 0 Å². The molecule has 0 amide bonds. The summed E-state index contributed by atoms with van der Waals surface area (Å²) in [4.78, 5) is 0. The number of para-hydroxylation sites is 1. The number of rotatable bonds is 3. The second kappa shape index (κ2) is 5.77. The second-order valence-electron chi connectivity index (χ2n) is 6.07. The van der Waals surface area contributed by atoms with Gasteiger partial charge in [-0.1, -0.05) is 39.0 Å². The van der Waals surface area contributed by atoms with Crippen molar-refractivity contribution in [1.82, 2.24) is 0 Å². The Bertz CT molecular complexity index is 397. The zero-order valence-electron chi connectivity index (χ0n) is 12.3. The summed E-state index contributed by atoms with van der Waals surface area (Å²) in [6.45, 7) is 9.26. The zero-order valence-corrected chi connectivity index (χ0v) is 12.3. The van der Waals surface area contributed by atoms with Crippen LogP contribution in [0, 0.1) is 18.8 Å². The van der Waals surface area contributed by atoms with Crippen LogP contribution < -0.4 is 5.32 Å². The van der Waals surface area contributed by atoms with Crippen molar-refractivity contribution >= 4 is 5.69 Å². The molecule has 1 saturated carbocycles. The topological polar surface area (TPSA) is 12.0 Å². The number of hydrogen-bond donors (Lipinski definition) is 1. The first-order valence-electron chi connectivity index (χ1n) is 7.46. The van der Waals surface area contributed by atoms with Gasteiger partial charge in [0.05, 0.1) is 0 Å². The van der Waals surface area contributed by atoms with Crippen LogP contribution in [0.4, 0.5) is 5.69 Å². The van der Waals surface area contributed by atoms with E-state index in [9.17, 15) is 0 Å². The highest BCUT2D eigenvalue weighted by molar-refractivity contribution is 5.57. The molecule has 2 rings (SSSR count). The van der Waals surface area contributed by atoms with Crippen LogP contribution in [0.5, 0.6) is 0 Å². The molecule has 100 valence electrons. The number of hydrogen-bond acceptors (Lipinski definition) is 1. The monoisotopic (exact) mass is 245 g/mol. The highest BCUT2D eigenvalue weighted by Crippen LogP contribution is 2.32. The zero-order chi connectivity index (χ0) is 13.1. The van der Waals surface area contributed by atoms with Crippen molar-refractivity contribution in [3.63, 3.8) is 0 Å². The van der Waals surface area contributed by atoms with Gasteiger partial charge in [-0.15, -0.1) is 0 Å². The maximum absolute atomic E-state index is 3.82. The quantitative estimate of drug-likeness (QED) is 0.807. The third-order valence-corrected chi connectivity index (χ3v) is 4.69. The first kappa shape index (κ1) is 13.5. The van der Waals surface area contributed by atoms with E-state index in [1.165, 1.54) is 36.1 Å². The lowest BCUT2D eigenvalue weighted by Gasteiger charge is -2.34. The summed E-state index contributed by atoms with van der Waals surface area (Å²) in [5.41, 5.74) is 4.24. The van der Waals surface area contributed by atoms with Gasteiger partial charge < -0.3 is 5.32 Å². The van der Waals surface area contributed by atoms with E-state index in [2.05, 4.69) is 51.2 Å². The van der Waals surface area contributed by atoms with Crippen molar-refractivity contribution in [1.29, 1.82) is 0 Å². The van der Waals surface area contributed by atoms with Crippen LogP contribution in [0.15, 0.2) is 18.2 Å². The Morgan fingerprint density at radius 2 is 1.94 bits per heavy atom. The SMILES string of the molecule is CCc1cccc(C)c1NC1CCC(C)C(C)C1. The fourth-order valence-corrected chi connectivity index (χ4v) is 3.11. The minimum atomic E-state index is 0.669. The van der Waals surface area contributed by atoms with Crippen LogP contribution in [-0.2, 0) is 6.42 Å². The first-order chi connectivity index (χ1) is 8.61. The van der Waals surface area contributed by atoms with Gasteiger partial charge in [-0.05, 0) is 55.6 Å². The molecule has 18 heavy (non-hydrogen) atoms. The van der Waals surface area contributed by atoms with Crippen molar-refractivity contribution in [2.45, 2.75) is 59.4 Å². The molecule has 0 heterocycles. The molecule has 0 spiro atoms. The van der Waals surface area contributed by atoms with Gasteiger partial charge >= 0.3 is 0 Å². The first-order valence-corrected chi connectivity index (χ1v) is 7.46. The third-order valence-electron chi connectivity index (χ3n) is 4.69. The molecule has 0 bridgehead atoms. The fraction of sp³-hybridized carbons (Fsp3) is 0.647. The summed E-state index contributed by atoms with van der Waals surface area (Å²) < 4.78 is 0. The molecule has 0 aliphatic heterocycles. The van der Waals surface area contributed by atoms with Crippen LogP contribution in [0.2, 0.25) is 0 Å². The normalized spacial score (nSPS) is 28.1. The molecule has 0 radical (unpaired) electrons. The van der Waals surface area contributed by atoms with Crippen molar-refractivity contribution in [2.75, 3.05) is 5.32 Å². The lowest BCUT2D eigenvalue weighted by Crippen LogP contribution is -2.30. The maximum atomic E-state index is 3.82. The number of benzene rings is 1. The Kier molecular flexibility index (Phi) is 4.31. The Labute approximate surface area is 112 Å². The Hall–Kier alpha value is -0.980. The van der Waals surface area contributed by atoms with E-state index in [0.29, 0.717) is 6.04 Å². The molecular weight excluding hydrogens is 218 g/mol. The highest BCUT2D eigenvalue weighted by atomic mass is 14.9.